The van der Waals surface area contributed by atoms with Gasteiger partial charge in [0.05, 0.1) is 19.4 Å². The number of piperidine rings is 1. The largest absolute Gasteiger partial charge is 0.464 e. The zero-order chi connectivity index (χ0) is 20.9. The number of anilines is 1. The summed E-state index contributed by atoms with van der Waals surface area (Å²) in [6, 6.07) is 4.22. The molecule has 7 nitrogen and oxygen atoms in total. The van der Waals surface area contributed by atoms with Gasteiger partial charge >= 0.3 is 5.97 Å². The Morgan fingerprint density at radius 1 is 1.23 bits per heavy atom. The lowest BCUT2D eigenvalue weighted by molar-refractivity contribution is -0.117. The number of nitrogens with one attached hydrogen (secondary N) is 1. The Morgan fingerprint density at radius 2 is 2.00 bits per heavy atom. The van der Waals surface area contributed by atoms with Crippen LogP contribution in [-0.2, 0) is 9.53 Å². The Hall–Kier alpha value is -2.16. The molecule has 1 N–H and O–H groups in total. The first-order chi connectivity index (χ1) is 14.7. The molecule has 1 amide bonds. The lowest BCUT2D eigenvalue weighted by Gasteiger charge is -2.36. The maximum atomic E-state index is 12.7. The van der Waals surface area contributed by atoms with Crippen molar-refractivity contribution in [3.8, 4) is 11.3 Å². The summed E-state index contributed by atoms with van der Waals surface area (Å²) in [5, 5.41) is 5.26. The molecular weight excluding hydrogens is 402 g/mol. The molecule has 0 bridgehead atoms. The van der Waals surface area contributed by atoms with Gasteiger partial charge in [-0.15, -0.1) is 11.3 Å². The van der Waals surface area contributed by atoms with Crippen LogP contribution in [0.3, 0.4) is 0 Å². The Labute approximate surface area is 181 Å². The van der Waals surface area contributed by atoms with E-state index in [0.717, 1.165) is 25.9 Å². The smallest absolute Gasteiger partial charge is 0.341 e. The molecule has 0 aliphatic carbocycles. The molecule has 2 aromatic rings. The first-order valence-corrected chi connectivity index (χ1v) is 11.6. The molecule has 4 heterocycles. The fraction of sp³-hybridized carbons (Fsp3) is 0.545. The number of hydrogen-bond acceptors (Lipinski definition) is 7. The summed E-state index contributed by atoms with van der Waals surface area (Å²) in [5.74, 6) is 0.0266. The minimum atomic E-state index is -0.452. The van der Waals surface area contributed by atoms with Crippen molar-refractivity contribution in [3.05, 3.63) is 29.3 Å². The Bertz CT molecular complexity index is 850. The van der Waals surface area contributed by atoms with E-state index in [1.807, 2.05) is 5.38 Å². The number of thiophene rings is 1. The van der Waals surface area contributed by atoms with E-state index in [0.29, 0.717) is 34.5 Å². The molecule has 0 aromatic carbocycles. The zero-order valence-electron chi connectivity index (χ0n) is 17.4. The summed E-state index contributed by atoms with van der Waals surface area (Å²) in [5.41, 5.74) is 1.00. The molecule has 2 aliphatic rings. The van der Waals surface area contributed by atoms with Crippen LogP contribution in [0.5, 0.6) is 0 Å². The number of furan rings is 1. The second-order valence-electron chi connectivity index (χ2n) is 7.85. The van der Waals surface area contributed by atoms with Gasteiger partial charge in [-0.05, 0) is 57.8 Å². The molecule has 2 saturated heterocycles. The average molecular weight is 432 g/mol. The van der Waals surface area contributed by atoms with E-state index in [1.54, 1.807) is 25.3 Å². The van der Waals surface area contributed by atoms with Crippen molar-refractivity contribution in [2.24, 2.45) is 0 Å². The van der Waals surface area contributed by atoms with Crippen molar-refractivity contribution >= 4 is 28.2 Å². The number of ether oxygens (including phenoxy) is 1. The Kier molecular flexibility index (Phi) is 6.86. The van der Waals surface area contributed by atoms with Crippen molar-refractivity contribution in [1.29, 1.82) is 0 Å². The van der Waals surface area contributed by atoms with Crippen LogP contribution < -0.4 is 5.32 Å². The SMILES string of the molecule is CCOC(=O)c1c(-c2ccco2)csc1NC(=O)CN1CCC(N2CCCC2)CC1. The van der Waals surface area contributed by atoms with Crippen molar-refractivity contribution in [2.75, 3.05) is 44.6 Å². The molecule has 2 aromatic heterocycles. The molecule has 30 heavy (non-hydrogen) atoms. The van der Waals surface area contributed by atoms with E-state index in [2.05, 4.69) is 15.1 Å². The van der Waals surface area contributed by atoms with Crippen LogP contribution in [0.4, 0.5) is 5.00 Å². The number of hydrogen-bond donors (Lipinski definition) is 1. The maximum Gasteiger partial charge on any atom is 0.341 e. The quantitative estimate of drug-likeness (QED) is 0.674. The Morgan fingerprint density at radius 3 is 2.67 bits per heavy atom. The van der Waals surface area contributed by atoms with Gasteiger partial charge in [0.25, 0.3) is 0 Å². The van der Waals surface area contributed by atoms with Crippen LogP contribution in [0, 0.1) is 0 Å². The monoisotopic (exact) mass is 431 g/mol. The predicted molar refractivity (Wildman–Crippen MR) is 117 cm³/mol. The van der Waals surface area contributed by atoms with Gasteiger partial charge in [0, 0.05) is 30.1 Å². The third-order valence-electron chi connectivity index (χ3n) is 5.89. The molecule has 0 unspecified atom stereocenters. The highest BCUT2D eigenvalue weighted by Crippen LogP contribution is 2.36. The van der Waals surface area contributed by atoms with Crippen molar-refractivity contribution in [1.82, 2.24) is 9.80 Å². The van der Waals surface area contributed by atoms with E-state index in [4.69, 9.17) is 9.15 Å². The molecule has 0 spiro atoms. The summed E-state index contributed by atoms with van der Waals surface area (Å²) >= 11 is 1.32. The predicted octanol–water partition coefficient (Wildman–Crippen LogP) is 3.68. The fourth-order valence-electron chi connectivity index (χ4n) is 4.39. The molecule has 2 aliphatic heterocycles. The van der Waals surface area contributed by atoms with Crippen molar-refractivity contribution < 1.29 is 18.7 Å². The standard InChI is InChI=1S/C22H29N3O4S/c1-2-28-22(27)20-17(18-6-5-13-29-18)15-30-21(20)23-19(26)14-24-11-7-16(8-12-24)25-9-3-4-10-25/h5-6,13,15-16H,2-4,7-12,14H2,1H3,(H,23,26). The van der Waals surface area contributed by atoms with Gasteiger partial charge in [-0.1, -0.05) is 0 Å². The number of rotatable bonds is 7. The summed E-state index contributed by atoms with van der Waals surface area (Å²) in [6.07, 6.45) is 6.41. The van der Waals surface area contributed by atoms with Crippen LogP contribution in [0.1, 0.15) is 43.0 Å². The molecule has 0 radical (unpaired) electrons. The van der Waals surface area contributed by atoms with Gasteiger partial charge < -0.3 is 19.4 Å². The lowest BCUT2D eigenvalue weighted by Crippen LogP contribution is -2.45. The highest BCUT2D eigenvalue weighted by molar-refractivity contribution is 7.15. The highest BCUT2D eigenvalue weighted by atomic mass is 32.1. The number of esters is 1. The zero-order valence-corrected chi connectivity index (χ0v) is 18.2. The second-order valence-corrected chi connectivity index (χ2v) is 8.73. The van der Waals surface area contributed by atoms with Gasteiger partial charge in [0.2, 0.25) is 5.91 Å². The van der Waals surface area contributed by atoms with Crippen molar-refractivity contribution in [2.45, 2.75) is 38.6 Å². The third kappa shape index (κ3) is 4.77. The third-order valence-corrected chi connectivity index (χ3v) is 6.79. The molecule has 2 fully saturated rings. The van der Waals surface area contributed by atoms with E-state index in [9.17, 15) is 9.59 Å². The van der Waals surface area contributed by atoms with E-state index < -0.39 is 5.97 Å². The van der Waals surface area contributed by atoms with E-state index in [-0.39, 0.29) is 12.5 Å². The van der Waals surface area contributed by atoms with Gasteiger partial charge in [-0.25, -0.2) is 4.79 Å². The first kappa shape index (κ1) is 21.1. The summed E-state index contributed by atoms with van der Waals surface area (Å²) in [7, 11) is 0. The minimum absolute atomic E-state index is 0.104. The average Bonchev–Trinajstić information content (AvgIpc) is 3.50. The molecule has 8 heteroatoms. The van der Waals surface area contributed by atoms with E-state index in [1.165, 1.54) is 37.3 Å². The lowest BCUT2D eigenvalue weighted by atomic mass is 10.0. The van der Waals surface area contributed by atoms with Gasteiger partial charge in [0.1, 0.15) is 16.3 Å². The summed E-state index contributed by atoms with van der Waals surface area (Å²) < 4.78 is 10.7. The topological polar surface area (TPSA) is 75.0 Å². The minimum Gasteiger partial charge on any atom is -0.464 e. The molecular formula is C22H29N3O4S. The fourth-order valence-corrected chi connectivity index (χ4v) is 5.34. The van der Waals surface area contributed by atoms with Gasteiger partial charge in [-0.2, -0.15) is 0 Å². The van der Waals surface area contributed by atoms with Crippen LogP contribution in [-0.4, -0.2) is 67.0 Å². The number of nitrogens with zero attached hydrogens (tertiary/aromatic N) is 2. The van der Waals surface area contributed by atoms with Crippen LogP contribution >= 0.6 is 11.3 Å². The number of carbonyl (C=O) groups is 2. The number of carbonyl (C=O) groups excluding carboxylic acids is 2. The number of likely N-dealkylation sites (tertiary alicyclic amines) is 2. The van der Waals surface area contributed by atoms with E-state index >= 15 is 0 Å². The van der Waals surface area contributed by atoms with Crippen LogP contribution in [0.15, 0.2) is 28.2 Å². The van der Waals surface area contributed by atoms with Gasteiger partial charge in [0.15, 0.2) is 0 Å². The molecule has 0 saturated carbocycles. The summed E-state index contributed by atoms with van der Waals surface area (Å²) in [6.45, 7) is 6.68. The van der Waals surface area contributed by atoms with Crippen LogP contribution in [0.2, 0.25) is 0 Å². The number of amides is 1. The highest BCUT2D eigenvalue weighted by Gasteiger charge is 2.28. The van der Waals surface area contributed by atoms with Gasteiger partial charge in [-0.3, -0.25) is 9.69 Å². The Balaban J connectivity index is 1.38. The molecule has 162 valence electrons. The summed E-state index contributed by atoms with van der Waals surface area (Å²) in [4.78, 5) is 30.1. The van der Waals surface area contributed by atoms with Crippen molar-refractivity contribution in [3.63, 3.8) is 0 Å². The molecule has 0 atom stereocenters. The van der Waals surface area contributed by atoms with Crippen LogP contribution in [0.25, 0.3) is 11.3 Å². The normalized spacial score (nSPS) is 18.6. The maximum absolute atomic E-state index is 12.7. The first-order valence-electron chi connectivity index (χ1n) is 10.7. The second kappa shape index (κ2) is 9.76. The molecule has 4 rings (SSSR count).